The number of carbonyl (C=O) groups is 1. The Bertz CT molecular complexity index is 425. The summed E-state index contributed by atoms with van der Waals surface area (Å²) in [6.45, 7) is 0.997. The highest BCUT2D eigenvalue weighted by Gasteiger charge is 2.31. The van der Waals surface area contributed by atoms with Crippen LogP contribution in [-0.4, -0.2) is 29.1 Å². The zero-order valence-electron chi connectivity index (χ0n) is 8.56. The largest absolute Gasteiger partial charge is 0.504 e. The fraction of sp³-hybridized carbons (Fsp3) is 0.400. The summed E-state index contributed by atoms with van der Waals surface area (Å²) in [6, 6.07) is 1.52. The third-order valence-corrected chi connectivity index (χ3v) is 3.04. The monoisotopic (exact) mass is 285 g/mol. The number of carbonyl (C=O) groups excluding carboxylic acids is 1. The molecule has 6 heteroatoms. The van der Waals surface area contributed by atoms with Crippen LogP contribution in [0.25, 0.3) is 0 Å². The van der Waals surface area contributed by atoms with E-state index in [2.05, 4.69) is 20.9 Å². The van der Waals surface area contributed by atoms with Crippen molar-refractivity contribution in [3.8, 4) is 5.75 Å². The van der Waals surface area contributed by atoms with E-state index in [0.717, 1.165) is 0 Å². The molecule has 3 N–H and O–H groups in total. The van der Waals surface area contributed by atoms with Crippen molar-refractivity contribution in [2.75, 3.05) is 18.0 Å². The van der Waals surface area contributed by atoms with Crippen molar-refractivity contribution in [1.29, 1.82) is 0 Å². The predicted molar refractivity (Wildman–Crippen MR) is 63.1 cm³/mol. The van der Waals surface area contributed by atoms with Crippen LogP contribution in [-0.2, 0) is 4.79 Å². The molecule has 1 saturated heterocycles. The molecule has 1 aromatic heterocycles. The number of hydrogen-bond acceptors (Lipinski definition) is 4. The molecule has 0 spiro atoms. The van der Waals surface area contributed by atoms with Crippen molar-refractivity contribution >= 4 is 27.7 Å². The number of aromatic nitrogens is 1. The number of anilines is 1. The summed E-state index contributed by atoms with van der Waals surface area (Å²) < 4.78 is 0.677. The van der Waals surface area contributed by atoms with Gasteiger partial charge in [0.1, 0.15) is 0 Å². The molecule has 1 amide bonds. The summed E-state index contributed by atoms with van der Waals surface area (Å²) in [7, 11) is 0. The molecule has 5 nitrogen and oxygen atoms in total. The van der Waals surface area contributed by atoms with Gasteiger partial charge in [0, 0.05) is 23.6 Å². The van der Waals surface area contributed by atoms with Crippen molar-refractivity contribution in [3.05, 3.63) is 16.7 Å². The van der Waals surface area contributed by atoms with Gasteiger partial charge in [-0.05, 0) is 34.5 Å². The Morgan fingerprint density at radius 2 is 2.44 bits per heavy atom. The van der Waals surface area contributed by atoms with Gasteiger partial charge in [-0.15, -0.1) is 0 Å². The standard InChI is InChI=1S/C10H12BrN3O2/c11-7-2-8(15)10(13-4-7)14-5-6(3-12)1-9(14)16/h2,4,6,15H,1,3,5,12H2. The fourth-order valence-electron chi connectivity index (χ4n) is 1.77. The molecule has 0 radical (unpaired) electrons. The lowest BCUT2D eigenvalue weighted by atomic mass is 10.1. The number of rotatable bonds is 2. The Balaban J connectivity index is 2.28. The molecule has 1 unspecified atom stereocenters. The van der Waals surface area contributed by atoms with Crippen LogP contribution in [0.3, 0.4) is 0 Å². The lowest BCUT2D eigenvalue weighted by Gasteiger charge is -2.16. The summed E-state index contributed by atoms with van der Waals surface area (Å²) >= 11 is 3.20. The van der Waals surface area contributed by atoms with Crippen LogP contribution in [0, 0.1) is 5.92 Å². The summed E-state index contributed by atoms with van der Waals surface area (Å²) in [5.74, 6) is 0.419. The zero-order valence-corrected chi connectivity index (χ0v) is 10.1. The average molecular weight is 286 g/mol. The van der Waals surface area contributed by atoms with E-state index in [1.807, 2.05) is 0 Å². The van der Waals surface area contributed by atoms with Crippen LogP contribution in [0.2, 0.25) is 0 Å². The summed E-state index contributed by atoms with van der Waals surface area (Å²) in [5, 5.41) is 9.71. The van der Waals surface area contributed by atoms with E-state index in [4.69, 9.17) is 5.73 Å². The summed E-state index contributed by atoms with van der Waals surface area (Å²) in [6.07, 6.45) is 1.98. The number of nitrogens with two attached hydrogens (primary N) is 1. The maximum absolute atomic E-state index is 11.7. The fourth-order valence-corrected chi connectivity index (χ4v) is 2.09. The van der Waals surface area contributed by atoms with Gasteiger partial charge in [0.15, 0.2) is 11.6 Å². The summed E-state index contributed by atoms with van der Waals surface area (Å²) in [4.78, 5) is 17.2. The number of pyridine rings is 1. The van der Waals surface area contributed by atoms with Crippen molar-refractivity contribution in [3.63, 3.8) is 0 Å². The van der Waals surface area contributed by atoms with Gasteiger partial charge in [-0.3, -0.25) is 9.69 Å². The molecular weight excluding hydrogens is 274 g/mol. The Morgan fingerprint density at radius 1 is 1.69 bits per heavy atom. The Hall–Kier alpha value is -1.14. The Kier molecular flexibility index (Phi) is 3.11. The number of amides is 1. The highest BCUT2D eigenvalue weighted by atomic mass is 79.9. The number of nitrogens with zero attached hydrogens (tertiary/aromatic N) is 2. The number of halogens is 1. The van der Waals surface area contributed by atoms with Gasteiger partial charge < -0.3 is 10.8 Å². The zero-order chi connectivity index (χ0) is 11.7. The third kappa shape index (κ3) is 2.03. The Labute approximate surface area is 101 Å². The first kappa shape index (κ1) is 11.3. The third-order valence-electron chi connectivity index (χ3n) is 2.61. The molecule has 16 heavy (non-hydrogen) atoms. The summed E-state index contributed by atoms with van der Waals surface area (Å²) in [5.41, 5.74) is 5.53. The van der Waals surface area contributed by atoms with Crippen LogP contribution in [0.4, 0.5) is 5.82 Å². The number of aromatic hydroxyl groups is 1. The first-order valence-corrected chi connectivity index (χ1v) is 5.76. The molecule has 0 bridgehead atoms. The number of hydrogen-bond donors (Lipinski definition) is 2. The van der Waals surface area contributed by atoms with E-state index in [0.29, 0.717) is 29.8 Å². The van der Waals surface area contributed by atoms with E-state index < -0.39 is 0 Å². The van der Waals surface area contributed by atoms with Gasteiger partial charge in [0.25, 0.3) is 0 Å². The lowest BCUT2D eigenvalue weighted by molar-refractivity contribution is -0.117. The molecule has 0 aromatic carbocycles. The molecule has 1 atom stereocenters. The van der Waals surface area contributed by atoms with E-state index >= 15 is 0 Å². The van der Waals surface area contributed by atoms with Crippen LogP contribution in [0.5, 0.6) is 5.75 Å². The van der Waals surface area contributed by atoms with Crippen molar-refractivity contribution in [2.45, 2.75) is 6.42 Å². The molecule has 86 valence electrons. The molecule has 1 fully saturated rings. The molecule has 1 aliphatic rings. The van der Waals surface area contributed by atoms with E-state index in [1.54, 1.807) is 6.20 Å². The van der Waals surface area contributed by atoms with Gasteiger partial charge in [0.05, 0.1) is 0 Å². The van der Waals surface area contributed by atoms with E-state index in [1.165, 1.54) is 11.0 Å². The van der Waals surface area contributed by atoms with Gasteiger partial charge >= 0.3 is 0 Å². The molecule has 1 aromatic rings. The second kappa shape index (κ2) is 4.39. The van der Waals surface area contributed by atoms with Gasteiger partial charge in [-0.25, -0.2) is 4.98 Å². The smallest absolute Gasteiger partial charge is 0.228 e. The first-order valence-electron chi connectivity index (χ1n) is 4.96. The normalized spacial score (nSPS) is 20.5. The van der Waals surface area contributed by atoms with Gasteiger partial charge in [0.2, 0.25) is 5.91 Å². The first-order chi connectivity index (χ1) is 7.61. The minimum atomic E-state index is -0.0411. The van der Waals surface area contributed by atoms with Crippen LogP contribution >= 0.6 is 15.9 Å². The van der Waals surface area contributed by atoms with Crippen molar-refractivity contribution in [1.82, 2.24) is 4.98 Å². The van der Waals surface area contributed by atoms with Crippen molar-refractivity contribution < 1.29 is 9.90 Å². The highest BCUT2D eigenvalue weighted by Crippen LogP contribution is 2.31. The van der Waals surface area contributed by atoms with E-state index in [9.17, 15) is 9.90 Å². The Morgan fingerprint density at radius 3 is 3.00 bits per heavy atom. The molecular formula is C10H12BrN3O2. The lowest BCUT2D eigenvalue weighted by Crippen LogP contribution is -2.26. The average Bonchev–Trinajstić information content (AvgIpc) is 2.60. The second-order valence-electron chi connectivity index (χ2n) is 3.81. The minimum Gasteiger partial charge on any atom is -0.504 e. The predicted octanol–water partition coefficient (Wildman–Crippen LogP) is 0.861. The molecule has 1 aliphatic heterocycles. The second-order valence-corrected chi connectivity index (χ2v) is 4.72. The molecule has 0 saturated carbocycles. The minimum absolute atomic E-state index is 0.000367. The maximum Gasteiger partial charge on any atom is 0.228 e. The van der Waals surface area contributed by atoms with Gasteiger partial charge in [-0.1, -0.05) is 0 Å². The van der Waals surface area contributed by atoms with Crippen molar-refractivity contribution in [2.24, 2.45) is 11.7 Å². The SMILES string of the molecule is NCC1CC(=O)N(c2ncc(Br)cc2O)C1. The molecule has 2 rings (SSSR count). The molecule has 0 aliphatic carbocycles. The highest BCUT2D eigenvalue weighted by molar-refractivity contribution is 9.10. The maximum atomic E-state index is 11.7. The molecule has 2 heterocycles. The topological polar surface area (TPSA) is 79.5 Å². The van der Waals surface area contributed by atoms with E-state index in [-0.39, 0.29) is 17.6 Å². The van der Waals surface area contributed by atoms with Gasteiger partial charge in [-0.2, -0.15) is 0 Å². The quantitative estimate of drug-likeness (QED) is 0.845. The van der Waals surface area contributed by atoms with Crippen LogP contribution in [0.15, 0.2) is 16.7 Å². The van der Waals surface area contributed by atoms with Crippen LogP contribution < -0.4 is 10.6 Å². The van der Waals surface area contributed by atoms with Crippen LogP contribution in [0.1, 0.15) is 6.42 Å².